The minimum Gasteiger partial charge on any atom is -0.370 e. The summed E-state index contributed by atoms with van der Waals surface area (Å²) in [6.07, 6.45) is 4.05. The molecular weight excluding hydrogens is 278 g/mol. The zero-order valence-corrected chi connectivity index (χ0v) is 12.3. The Labute approximate surface area is 122 Å². The Morgan fingerprint density at radius 2 is 2.00 bits per heavy atom. The largest absolute Gasteiger partial charge is 0.370 e. The van der Waals surface area contributed by atoms with E-state index in [1.807, 2.05) is 12.3 Å². The predicted octanol–water partition coefficient (Wildman–Crippen LogP) is 3.90. The van der Waals surface area contributed by atoms with Crippen LogP contribution in [0.3, 0.4) is 0 Å². The SMILES string of the molecule is CSc1nc(Cl)cc(NCCCc2ccccc2)n1. The second kappa shape index (κ2) is 7.36. The van der Waals surface area contributed by atoms with Crippen molar-refractivity contribution in [1.29, 1.82) is 0 Å². The molecular formula is C14H16ClN3S. The van der Waals surface area contributed by atoms with Crippen molar-refractivity contribution in [3.63, 3.8) is 0 Å². The third kappa shape index (κ3) is 4.73. The highest BCUT2D eigenvalue weighted by Gasteiger charge is 2.01. The lowest BCUT2D eigenvalue weighted by molar-refractivity contribution is 0.851. The molecule has 0 amide bonds. The van der Waals surface area contributed by atoms with Gasteiger partial charge in [-0.3, -0.25) is 0 Å². The lowest BCUT2D eigenvalue weighted by Gasteiger charge is -2.07. The van der Waals surface area contributed by atoms with Crippen LogP contribution >= 0.6 is 23.4 Å². The minimum absolute atomic E-state index is 0.477. The molecule has 1 aromatic heterocycles. The fourth-order valence-electron chi connectivity index (χ4n) is 1.73. The van der Waals surface area contributed by atoms with Crippen molar-refractivity contribution in [1.82, 2.24) is 9.97 Å². The zero-order chi connectivity index (χ0) is 13.5. The van der Waals surface area contributed by atoms with Gasteiger partial charge in [-0.15, -0.1) is 0 Å². The Balaban J connectivity index is 1.81. The van der Waals surface area contributed by atoms with Gasteiger partial charge in [0.1, 0.15) is 11.0 Å². The van der Waals surface area contributed by atoms with E-state index in [0.29, 0.717) is 10.3 Å². The zero-order valence-electron chi connectivity index (χ0n) is 10.8. The Morgan fingerprint density at radius 1 is 1.21 bits per heavy atom. The monoisotopic (exact) mass is 293 g/mol. The molecule has 0 aliphatic heterocycles. The number of rotatable bonds is 6. The van der Waals surface area contributed by atoms with Gasteiger partial charge in [-0.2, -0.15) is 0 Å². The van der Waals surface area contributed by atoms with Crippen molar-refractivity contribution in [2.75, 3.05) is 18.1 Å². The van der Waals surface area contributed by atoms with Crippen LogP contribution in [0.4, 0.5) is 5.82 Å². The van der Waals surface area contributed by atoms with Gasteiger partial charge >= 0.3 is 0 Å². The number of aryl methyl sites for hydroxylation is 1. The molecule has 0 saturated carbocycles. The van der Waals surface area contributed by atoms with Crippen molar-refractivity contribution in [3.05, 3.63) is 47.1 Å². The number of thioether (sulfide) groups is 1. The van der Waals surface area contributed by atoms with Crippen LogP contribution < -0.4 is 5.32 Å². The molecule has 19 heavy (non-hydrogen) atoms. The summed E-state index contributed by atoms with van der Waals surface area (Å²) in [4.78, 5) is 8.46. The topological polar surface area (TPSA) is 37.8 Å². The predicted molar refractivity (Wildman–Crippen MR) is 82.1 cm³/mol. The minimum atomic E-state index is 0.477. The van der Waals surface area contributed by atoms with Gasteiger partial charge in [-0.25, -0.2) is 9.97 Å². The maximum atomic E-state index is 5.93. The van der Waals surface area contributed by atoms with E-state index in [2.05, 4.69) is 39.6 Å². The van der Waals surface area contributed by atoms with Gasteiger partial charge in [0.15, 0.2) is 5.16 Å². The van der Waals surface area contributed by atoms with Crippen LogP contribution in [0, 0.1) is 0 Å². The van der Waals surface area contributed by atoms with E-state index in [1.54, 1.807) is 6.07 Å². The van der Waals surface area contributed by atoms with Crippen molar-refractivity contribution in [3.8, 4) is 0 Å². The maximum absolute atomic E-state index is 5.93. The Bertz CT molecular complexity index is 519. The summed E-state index contributed by atoms with van der Waals surface area (Å²) in [7, 11) is 0. The summed E-state index contributed by atoms with van der Waals surface area (Å²) in [5.74, 6) is 0.789. The average Bonchev–Trinajstić information content (AvgIpc) is 2.44. The van der Waals surface area contributed by atoms with E-state index in [-0.39, 0.29) is 0 Å². The number of halogens is 1. The molecule has 0 unspecified atom stereocenters. The average molecular weight is 294 g/mol. The van der Waals surface area contributed by atoms with Crippen LogP contribution in [-0.4, -0.2) is 22.8 Å². The number of nitrogens with zero attached hydrogens (tertiary/aromatic N) is 2. The molecule has 5 heteroatoms. The number of aromatic nitrogens is 2. The molecule has 1 heterocycles. The number of benzene rings is 1. The molecule has 2 rings (SSSR count). The van der Waals surface area contributed by atoms with Gasteiger partial charge in [-0.05, 0) is 24.7 Å². The van der Waals surface area contributed by atoms with Crippen molar-refractivity contribution >= 4 is 29.2 Å². The summed E-state index contributed by atoms with van der Waals surface area (Å²) in [6.45, 7) is 0.871. The number of hydrogen-bond acceptors (Lipinski definition) is 4. The highest BCUT2D eigenvalue weighted by molar-refractivity contribution is 7.98. The first-order valence-electron chi connectivity index (χ1n) is 6.14. The van der Waals surface area contributed by atoms with E-state index in [9.17, 15) is 0 Å². The molecule has 1 N–H and O–H groups in total. The molecule has 0 radical (unpaired) electrons. The third-order valence-corrected chi connectivity index (χ3v) is 3.39. The Morgan fingerprint density at radius 3 is 2.74 bits per heavy atom. The molecule has 0 aliphatic carbocycles. The number of anilines is 1. The van der Waals surface area contributed by atoms with Crippen LogP contribution in [0.25, 0.3) is 0 Å². The van der Waals surface area contributed by atoms with E-state index in [0.717, 1.165) is 25.2 Å². The van der Waals surface area contributed by atoms with Gasteiger partial charge in [0, 0.05) is 12.6 Å². The lowest BCUT2D eigenvalue weighted by Crippen LogP contribution is -2.05. The first kappa shape index (κ1) is 14.2. The van der Waals surface area contributed by atoms with Crippen LogP contribution in [-0.2, 0) is 6.42 Å². The normalized spacial score (nSPS) is 10.4. The van der Waals surface area contributed by atoms with Gasteiger partial charge < -0.3 is 5.32 Å². The lowest BCUT2D eigenvalue weighted by atomic mass is 10.1. The molecule has 0 fully saturated rings. The molecule has 0 atom stereocenters. The van der Waals surface area contributed by atoms with Gasteiger partial charge in [0.2, 0.25) is 0 Å². The van der Waals surface area contributed by atoms with E-state index in [4.69, 9.17) is 11.6 Å². The summed E-state index contributed by atoms with van der Waals surface area (Å²) in [5.41, 5.74) is 1.36. The molecule has 0 bridgehead atoms. The number of hydrogen-bond donors (Lipinski definition) is 1. The number of nitrogens with one attached hydrogen (secondary N) is 1. The Kier molecular flexibility index (Phi) is 5.48. The molecule has 100 valence electrons. The van der Waals surface area contributed by atoms with E-state index >= 15 is 0 Å². The second-order valence-electron chi connectivity index (χ2n) is 4.08. The molecule has 0 aliphatic rings. The molecule has 0 spiro atoms. The van der Waals surface area contributed by atoms with Crippen LogP contribution in [0.15, 0.2) is 41.6 Å². The van der Waals surface area contributed by atoms with Crippen molar-refractivity contribution in [2.24, 2.45) is 0 Å². The third-order valence-electron chi connectivity index (χ3n) is 2.65. The standard InChI is InChI=1S/C14H16ClN3S/c1-19-14-17-12(15)10-13(18-14)16-9-5-8-11-6-3-2-4-7-11/h2-4,6-7,10H,5,8-9H2,1H3,(H,16,17,18). The molecule has 1 aromatic carbocycles. The fourth-order valence-corrected chi connectivity index (χ4v) is 2.35. The van der Waals surface area contributed by atoms with Gasteiger partial charge in [-0.1, -0.05) is 53.7 Å². The first-order chi connectivity index (χ1) is 9.28. The van der Waals surface area contributed by atoms with Crippen LogP contribution in [0.2, 0.25) is 5.15 Å². The second-order valence-corrected chi connectivity index (χ2v) is 5.24. The molecule has 0 saturated heterocycles. The Hall–Kier alpha value is -1.26. The summed E-state index contributed by atoms with van der Waals surface area (Å²) in [5, 5.41) is 4.45. The maximum Gasteiger partial charge on any atom is 0.190 e. The molecule has 2 aromatic rings. The van der Waals surface area contributed by atoms with Crippen LogP contribution in [0.1, 0.15) is 12.0 Å². The van der Waals surface area contributed by atoms with Crippen molar-refractivity contribution < 1.29 is 0 Å². The first-order valence-corrected chi connectivity index (χ1v) is 7.74. The van der Waals surface area contributed by atoms with Crippen molar-refractivity contribution in [2.45, 2.75) is 18.0 Å². The summed E-state index contributed by atoms with van der Waals surface area (Å²) in [6, 6.07) is 12.2. The van der Waals surface area contributed by atoms with Gasteiger partial charge in [0.05, 0.1) is 0 Å². The van der Waals surface area contributed by atoms with Crippen LogP contribution in [0.5, 0.6) is 0 Å². The summed E-state index contributed by atoms with van der Waals surface area (Å²) < 4.78 is 0. The molecule has 3 nitrogen and oxygen atoms in total. The smallest absolute Gasteiger partial charge is 0.190 e. The van der Waals surface area contributed by atoms with Gasteiger partial charge in [0.25, 0.3) is 0 Å². The fraction of sp³-hybridized carbons (Fsp3) is 0.286. The summed E-state index contributed by atoms with van der Waals surface area (Å²) >= 11 is 7.42. The van der Waals surface area contributed by atoms with E-state index in [1.165, 1.54) is 17.3 Å². The van der Waals surface area contributed by atoms with E-state index < -0.39 is 0 Å². The highest BCUT2D eigenvalue weighted by atomic mass is 35.5. The highest BCUT2D eigenvalue weighted by Crippen LogP contribution is 2.17. The quantitative estimate of drug-likeness (QED) is 0.379.